The van der Waals surface area contributed by atoms with E-state index >= 15 is 0 Å². The van der Waals surface area contributed by atoms with Gasteiger partial charge in [-0.25, -0.2) is 15.0 Å². The number of hydrogen-bond acceptors (Lipinski definition) is 6. The number of aliphatic imine (C=N–C) groups is 1. The summed E-state index contributed by atoms with van der Waals surface area (Å²) in [6, 6.07) is 3.63. The number of rotatable bonds is 6. The first-order valence-electron chi connectivity index (χ1n) is 8.01. The molecule has 0 aromatic carbocycles. The van der Waals surface area contributed by atoms with E-state index in [-0.39, 0.29) is 0 Å². The molecule has 0 amide bonds. The average Bonchev–Trinajstić information content (AvgIpc) is 3.33. The molecule has 8 nitrogen and oxygen atoms in total. The SMILES string of the molecule is CCNC(=NCc1nc(-c2ccco2)n[nH]1)N(C)Cc1csc(C)n1. The number of H-pyrrole nitrogens is 1. The summed E-state index contributed by atoms with van der Waals surface area (Å²) < 4.78 is 5.30. The van der Waals surface area contributed by atoms with Crippen LogP contribution in [0.3, 0.4) is 0 Å². The van der Waals surface area contributed by atoms with Gasteiger partial charge >= 0.3 is 0 Å². The monoisotopic (exact) mass is 359 g/mol. The van der Waals surface area contributed by atoms with Gasteiger partial charge in [0.2, 0.25) is 5.82 Å². The molecule has 0 aliphatic carbocycles. The number of thiazole rings is 1. The van der Waals surface area contributed by atoms with Crippen molar-refractivity contribution in [2.45, 2.75) is 26.9 Å². The number of aromatic amines is 1. The van der Waals surface area contributed by atoms with Gasteiger partial charge in [0.25, 0.3) is 0 Å². The maximum atomic E-state index is 5.30. The van der Waals surface area contributed by atoms with E-state index in [0.29, 0.717) is 30.5 Å². The van der Waals surface area contributed by atoms with E-state index in [2.05, 4.69) is 35.9 Å². The van der Waals surface area contributed by atoms with Crippen LogP contribution in [0.15, 0.2) is 33.2 Å². The van der Waals surface area contributed by atoms with Crippen LogP contribution in [0.5, 0.6) is 0 Å². The minimum absolute atomic E-state index is 0.399. The molecular weight excluding hydrogens is 338 g/mol. The first kappa shape index (κ1) is 17.2. The summed E-state index contributed by atoms with van der Waals surface area (Å²) in [5.74, 6) is 2.64. The zero-order chi connectivity index (χ0) is 17.6. The third-order valence-corrected chi connectivity index (χ3v) is 4.24. The van der Waals surface area contributed by atoms with Crippen LogP contribution in [0.25, 0.3) is 11.6 Å². The highest BCUT2D eigenvalue weighted by Gasteiger charge is 2.11. The number of aromatic nitrogens is 4. The second-order valence-corrected chi connectivity index (χ2v) is 6.53. The van der Waals surface area contributed by atoms with Crippen molar-refractivity contribution in [2.75, 3.05) is 13.6 Å². The lowest BCUT2D eigenvalue weighted by atomic mass is 10.4. The molecule has 0 bridgehead atoms. The molecule has 0 aliphatic heterocycles. The van der Waals surface area contributed by atoms with E-state index in [4.69, 9.17) is 4.42 Å². The van der Waals surface area contributed by atoms with E-state index < -0.39 is 0 Å². The van der Waals surface area contributed by atoms with Gasteiger partial charge in [-0.1, -0.05) is 0 Å². The first-order chi connectivity index (χ1) is 12.2. The van der Waals surface area contributed by atoms with Crippen LogP contribution in [0.1, 0.15) is 23.4 Å². The molecule has 3 aromatic heterocycles. The number of guanidine groups is 1. The van der Waals surface area contributed by atoms with Crippen LogP contribution < -0.4 is 5.32 Å². The van der Waals surface area contributed by atoms with E-state index in [1.54, 1.807) is 17.6 Å². The predicted molar refractivity (Wildman–Crippen MR) is 97.2 cm³/mol. The largest absolute Gasteiger partial charge is 0.461 e. The molecule has 0 aliphatic rings. The highest BCUT2D eigenvalue weighted by Crippen LogP contribution is 2.14. The fourth-order valence-electron chi connectivity index (χ4n) is 2.30. The Morgan fingerprint density at radius 3 is 3.00 bits per heavy atom. The number of aryl methyl sites for hydroxylation is 1. The van der Waals surface area contributed by atoms with E-state index in [9.17, 15) is 0 Å². The van der Waals surface area contributed by atoms with Crippen LogP contribution in [-0.4, -0.2) is 44.6 Å². The summed E-state index contributed by atoms with van der Waals surface area (Å²) >= 11 is 1.65. The third kappa shape index (κ3) is 4.44. The summed E-state index contributed by atoms with van der Waals surface area (Å²) in [5.41, 5.74) is 1.04. The lowest BCUT2D eigenvalue weighted by Gasteiger charge is -2.20. The van der Waals surface area contributed by atoms with Crippen molar-refractivity contribution in [1.82, 2.24) is 30.4 Å². The van der Waals surface area contributed by atoms with Gasteiger partial charge in [0.15, 0.2) is 11.7 Å². The molecule has 0 saturated heterocycles. The minimum atomic E-state index is 0.399. The van der Waals surface area contributed by atoms with Gasteiger partial charge < -0.3 is 14.6 Å². The summed E-state index contributed by atoms with van der Waals surface area (Å²) in [6.45, 7) is 5.93. The highest BCUT2D eigenvalue weighted by molar-refractivity contribution is 7.09. The van der Waals surface area contributed by atoms with E-state index in [0.717, 1.165) is 23.2 Å². The normalized spacial score (nSPS) is 11.7. The molecule has 25 heavy (non-hydrogen) atoms. The fraction of sp³-hybridized carbons (Fsp3) is 0.375. The second-order valence-electron chi connectivity index (χ2n) is 5.47. The highest BCUT2D eigenvalue weighted by atomic mass is 32.1. The van der Waals surface area contributed by atoms with Crippen molar-refractivity contribution < 1.29 is 4.42 Å². The zero-order valence-corrected chi connectivity index (χ0v) is 15.3. The molecule has 3 heterocycles. The van der Waals surface area contributed by atoms with Crippen molar-refractivity contribution in [3.63, 3.8) is 0 Å². The molecule has 3 rings (SSSR count). The lowest BCUT2D eigenvalue weighted by Crippen LogP contribution is -2.38. The fourth-order valence-corrected chi connectivity index (χ4v) is 2.90. The van der Waals surface area contributed by atoms with Crippen LogP contribution in [0.4, 0.5) is 0 Å². The molecule has 0 radical (unpaired) electrons. The summed E-state index contributed by atoms with van der Waals surface area (Å²) in [6.07, 6.45) is 1.60. The lowest BCUT2D eigenvalue weighted by molar-refractivity contribution is 0.470. The average molecular weight is 359 g/mol. The molecule has 0 unspecified atom stereocenters. The number of nitrogens with zero attached hydrogens (tertiary/aromatic N) is 5. The van der Waals surface area contributed by atoms with Crippen LogP contribution in [0, 0.1) is 6.92 Å². The Balaban J connectivity index is 1.67. The summed E-state index contributed by atoms with van der Waals surface area (Å²) in [5, 5.41) is 13.5. The van der Waals surface area contributed by atoms with Gasteiger partial charge in [-0.15, -0.1) is 16.4 Å². The van der Waals surface area contributed by atoms with Crippen LogP contribution in [-0.2, 0) is 13.1 Å². The third-order valence-electron chi connectivity index (χ3n) is 3.41. The van der Waals surface area contributed by atoms with Gasteiger partial charge in [-0.2, -0.15) is 0 Å². The maximum Gasteiger partial charge on any atom is 0.216 e. The standard InChI is InChI=1S/C16H21N7OS/c1-4-17-16(23(3)9-12-10-25-11(2)19-12)18-8-14-20-15(22-21-14)13-6-5-7-24-13/h5-7,10H,4,8-9H2,1-3H3,(H,17,18)(H,20,21,22). The quantitative estimate of drug-likeness (QED) is 0.518. The number of hydrogen-bond donors (Lipinski definition) is 2. The van der Waals surface area contributed by atoms with Crippen LogP contribution >= 0.6 is 11.3 Å². The molecule has 2 N–H and O–H groups in total. The Hall–Kier alpha value is -2.68. The molecule has 0 saturated carbocycles. The van der Waals surface area contributed by atoms with Crippen molar-refractivity contribution >= 4 is 17.3 Å². The molecular formula is C16H21N7OS. The van der Waals surface area contributed by atoms with Crippen molar-refractivity contribution in [3.05, 3.63) is 40.3 Å². The molecule has 132 valence electrons. The Morgan fingerprint density at radius 2 is 2.32 bits per heavy atom. The Morgan fingerprint density at radius 1 is 1.44 bits per heavy atom. The summed E-state index contributed by atoms with van der Waals surface area (Å²) in [4.78, 5) is 15.6. The molecule has 0 fully saturated rings. The maximum absolute atomic E-state index is 5.30. The predicted octanol–water partition coefficient (Wildman–Crippen LogP) is 2.43. The van der Waals surface area contributed by atoms with Gasteiger partial charge in [-0.3, -0.25) is 5.10 Å². The first-order valence-corrected chi connectivity index (χ1v) is 8.89. The second kappa shape index (κ2) is 7.93. The van der Waals surface area contributed by atoms with Gasteiger partial charge in [0, 0.05) is 19.0 Å². The van der Waals surface area contributed by atoms with Crippen LogP contribution in [0.2, 0.25) is 0 Å². The molecule has 3 aromatic rings. The van der Waals surface area contributed by atoms with E-state index in [1.165, 1.54) is 0 Å². The number of nitrogens with one attached hydrogen (secondary N) is 2. The zero-order valence-electron chi connectivity index (χ0n) is 14.5. The van der Waals surface area contributed by atoms with Gasteiger partial charge in [0.05, 0.1) is 23.5 Å². The topological polar surface area (TPSA) is 95.2 Å². The van der Waals surface area contributed by atoms with Crippen molar-refractivity contribution in [1.29, 1.82) is 0 Å². The minimum Gasteiger partial charge on any atom is -0.461 e. The number of furan rings is 1. The smallest absolute Gasteiger partial charge is 0.216 e. The molecule has 9 heteroatoms. The van der Waals surface area contributed by atoms with Gasteiger partial charge in [-0.05, 0) is 26.0 Å². The van der Waals surface area contributed by atoms with Gasteiger partial charge in [0.1, 0.15) is 12.4 Å². The van der Waals surface area contributed by atoms with E-state index in [1.807, 2.05) is 37.9 Å². The van der Waals surface area contributed by atoms with Crippen molar-refractivity contribution in [2.24, 2.45) is 4.99 Å². The Bertz CT molecular complexity index is 821. The Labute approximate surface area is 150 Å². The van der Waals surface area contributed by atoms with Crippen molar-refractivity contribution in [3.8, 4) is 11.6 Å². The summed E-state index contributed by atoms with van der Waals surface area (Å²) in [7, 11) is 1.99. The Kier molecular flexibility index (Phi) is 5.44. The molecule has 0 spiro atoms. The molecule has 0 atom stereocenters.